The first-order chi connectivity index (χ1) is 15.1. The van der Waals surface area contributed by atoms with Crippen molar-refractivity contribution in [1.82, 2.24) is 20.1 Å². The van der Waals surface area contributed by atoms with Crippen LogP contribution >= 0.6 is 0 Å². The van der Waals surface area contributed by atoms with Crippen LogP contribution in [0.5, 0.6) is 0 Å². The molecule has 7 nitrogen and oxygen atoms in total. The highest BCUT2D eigenvalue weighted by atomic mass is 16.5. The molecule has 1 unspecified atom stereocenters. The van der Waals surface area contributed by atoms with E-state index in [1.165, 1.54) is 0 Å². The number of nitrogens with one attached hydrogen (secondary N) is 2. The van der Waals surface area contributed by atoms with E-state index in [0.29, 0.717) is 12.2 Å². The molecule has 3 heterocycles. The van der Waals surface area contributed by atoms with Gasteiger partial charge in [-0.3, -0.25) is 14.5 Å². The Hall–Kier alpha value is -3.16. The molecule has 1 atom stereocenters. The first-order valence-electron chi connectivity index (χ1n) is 10.7. The minimum Gasteiger partial charge on any atom is -0.379 e. The number of aromatic nitrogens is 1. The number of ether oxygens (including phenoxy) is 1. The van der Waals surface area contributed by atoms with Crippen molar-refractivity contribution in [2.24, 2.45) is 0 Å². The van der Waals surface area contributed by atoms with Crippen LogP contribution in [0, 0.1) is 0 Å². The molecule has 0 spiro atoms. The van der Waals surface area contributed by atoms with Gasteiger partial charge in [-0.05, 0) is 17.2 Å². The summed E-state index contributed by atoms with van der Waals surface area (Å²) in [5, 5.41) is 4.04. The van der Waals surface area contributed by atoms with Crippen LogP contribution in [0.2, 0.25) is 0 Å². The molecule has 2 aromatic carbocycles. The van der Waals surface area contributed by atoms with Crippen molar-refractivity contribution in [3.8, 4) is 11.1 Å². The van der Waals surface area contributed by atoms with E-state index >= 15 is 0 Å². The fourth-order valence-corrected chi connectivity index (χ4v) is 4.62. The largest absolute Gasteiger partial charge is 0.379 e. The van der Waals surface area contributed by atoms with Crippen molar-refractivity contribution >= 4 is 22.7 Å². The maximum atomic E-state index is 13.4. The van der Waals surface area contributed by atoms with Crippen LogP contribution in [0.25, 0.3) is 22.0 Å². The van der Waals surface area contributed by atoms with Gasteiger partial charge in [-0.15, -0.1) is 0 Å². The van der Waals surface area contributed by atoms with Crippen LogP contribution in [0.3, 0.4) is 0 Å². The Balaban J connectivity index is 1.48. The van der Waals surface area contributed by atoms with E-state index in [4.69, 9.17) is 4.74 Å². The number of likely N-dealkylation sites (N-methyl/N-ethyl adjacent to an activating group) is 1. The van der Waals surface area contributed by atoms with Gasteiger partial charge in [0.1, 0.15) is 11.7 Å². The fraction of sp³-hybridized carbons (Fsp3) is 0.333. The molecule has 3 aromatic rings. The SMILES string of the molecule is CN1C(=O)c2[nH]c3ccccc3c2-c2ccccc2C1C(=O)NCCN1CCOCC1. The third-order valence-electron chi connectivity index (χ3n) is 6.23. The van der Waals surface area contributed by atoms with E-state index < -0.39 is 6.04 Å². The number of amides is 2. The van der Waals surface area contributed by atoms with Gasteiger partial charge in [-0.2, -0.15) is 0 Å². The van der Waals surface area contributed by atoms with Gasteiger partial charge in [0, 0.05) is 49.7 Å². The number of benzene rings is 2. The third-order valence-corrected chi connectivity index (χ3v) is 6.23. The maximum Gasteiger partial charge on any atom is 0.271 e. The summed E-state index contributed by atoms with van der Waals surface area (Å²) >= 11 is 0. The molecular formula is C24H26N4O3. The quantitative estimate of drug-likeness (QED) is 0.682. The number of aromatic amines is 1. The van der Waals surface area contributed by atoms with Gasteiger partial charge in [-0.25, -0.2) is 0 Å². The smallest absolute Gasteiger partial charge is 0.271 e. The lowest BCUT2D eigenvalue weighted by Crippen LogP contribution is -2.45. The highest BCUT2D eigenvalue weighted by Crippen LogP contribution is 2.41. The number of hydrogen-bond acceptors (Lipinski definition) is 4. The number of carbonyl (C=O) groups is 2. The minimum absolute atomic E-state index is 0.161. The van der Waals surface area contributed by atoms with Crippen LogP contribution in [0.15, 0.2) is 48.5 Å². The molecule has 1 saturated heterocycles. The summed E-state index contributed by atoms with van der Waals surface area (Å²) in [6, 6.07) is 15.0. The number of carbonyl (C=O) groups excluding carboxylic acids is 2. The van der Waals surface area contributed by atoms with Gasteiger partial charge in [0.05, 0.1) is 13.2 Å². The molecule has 2 N–H and O–H groups in total. The second-order valence-corrected chi connectivity index (χ2v) is 8.07. The minimum atomic E-state index is -0.687. The number of morpholine rings is 1. The summed E-state index contributed by atoms with van der Waals surface area (Å²) in [6.07, 6.45) is 0. The van der Waals surface area contributed by atoms with Gasteiger partial charge < -0.3 is 19.9 Å². The summed E-state index contributed by atoms with van der Waals surface area (Å²) < 4.78 is 5.38. The average molecular weight is 418 g/mol. The molecule has 5 rings (SSSR count). The Labute approximate surface area is 181 Å². The molecule has 2 aliphatic heterocycles. The lowest BCUT2D eigenvalue weighted by molar-refractivity contribution is -0.125. The van der Waals surface area contributed by atoms with Crippen molar-refractivity contribution in [3.63, 3.8) is 0 Å². The van der Waals surface area contributed by atoms with Gasteiger partial charge in [-0.1, -0.05) is 42.5 Å². The summed E-state index contributed by atoms with van der Waals surface area (Å²) in [5.41, 5.74) is 4.07. The molecule has 0 aliphatic carbocycles. The van der Waals surface area contributed by atoms with E-state index in [1.807, 2.05) is 48.5 Å². The van der Waals surface area contributed by atoms with E-state index in [2.05, 4.69) is 15.2 Å². The van der Waals surface area contributed by atoms with Gasteiger partial charge in [0.25, 0.3) is 5.91 Å². The summed E-state index contributed by atoms with van der Waals surface area (Å²) in [4.78, 5) is 33.8. The molecule has 0 saturated carbocycles. The standard InChI is InChI=1S/C24H26N4O3/c1-27-22(23(29)25-10-11-28-12-14-31-15-13-28)17-7-3-2-6-16(17)20-18-8-4-5-9-19(18)26-21(20)24(27)30/h2-9,22,26H,10-15H2,1H3,(H,25,29). The van der Waals surface area contributed by atoms with Crippen LogP contribution in [0.1, 0.15) is 22.1 Å². The first-order valence-corrected chi connectivity index (χ1v) is 10.7. The molecule has 7 heteroatoms. The third kappa shape index (κ3) is 3.49. The maximum absolute atomic E-state index is 13.4. The highest BCUT2D eigenvalue weighted by Gasteiger charge is 2.37. The molecule has 1 fully saturated rings. The Morgan fingerprint density at radius 3 is 2.71 bits per heavy atom. The highest BCUT2D eigenvalue weighted by molar-refractivity contribution is 6.12. The van der Waals surface area contributed by atoms with Crippen molar-refractivity contribution < 1.29 is 14.3 Å². The molecule has 0 bridgehead atoms. The van der Waals surface area contributed by atoms with E-state index in [0.717, 1.165) is 60.4 Å². The number of nitrogens with zero attached hydrogens (tertiary/aromatic N) is 2. The molecule has 2 aliphatic rings. The monoisotopic (exact) mass is 418 g/mol. The molecule has 2 amide bonds. The summed E-state index contributed by atoms with van der Waals surface area (Å²) in [7, 11) is 1.70. The molecule has 31 heavy (non-hydrogen) atoms. The Bertz CT molecular complexity index is 1130. The zero-order valence-electron chi connectivity index (χ0n) is 17.6. The average Bonchev–Trinajstić information content (AvgIpc) is 3.15. The van der Waals surface area contributed by atoms with Crippen molar-refractivity contribution in [3.05, 3.63) is 59.8 Å². The predicted octanol–water partition coefficient (Wildman–Crippen LogP) is 2.41. The van der Waals surface area contributed by atoms with Crippen LogP contribution in [-0.2, 0) is 9.53 Å². The molecular weight excluding hydrogens is 392 g/mol. The van der Waals surface area contributed by atoms with Crippen LogP contribution in [-0.4, -0.2) is 73.0 Å². The van der Waals surface area contributed by atoms with Crippen LogP contribution in [0.4, 0.5) is 0 Å². The molecule has 160 valence electrons. The first kappa shape index (κ1) is 19.8. The zero-order chi connectivity index (χ0) is 21.4. The molecule has 1 aromatic heterocycles. The Morgan fingerprint density at radius 2 is 1.87 bits per heavy atom. The number of para-hydroxylation sites is 1. The fourth-order valence-electron chi connectivity index (χ4n) is 4.62. The second-order valence-electron chi connectivity index (χ2n) is 8.07. The predicted molar refractivity (Wildman–Crippen MR) is 119 cm³/mol. The van der Waals surface area contributed by atoms with Crippen LogP contribution < -0.4 is 5.32 Å². The lowest BCUT2D eigenvalue weighted by atomic mass is 9.94. The summed E-state index contributed by atoms with van der Waals surface area (Å²) in [6.45, 7) is 4.52. The number of fused-ring (bicyclic) bond motifs is 5. The van der Waals surface area contributed by atoms with Gasteiger partial charge in [0.15, 0.2) is 0 Å². The second kappa shape index (κ2) is 8.17. The Kier molecular flexibility index (Phi) is 5.21. The lowest BCUT2D eigenvalue weighted by Gasteiger charge is -2.29. The van der Waals surface area contributed by atoms with Crippen molar-refractivity contribution in [1.29, 1.82) is 0 Å². The van der Waals surface area contributed by atoms with E-state index in [9.17, 15) is 9.59 Å². The zero-order valence-corrected chi connectivity index (χ0v) is 17.6. The Morgan fingerprint density at radius 1 is 1.13 bits per heavy atom. The van der Waals surface area contributed by atoms with Gasteiger partial charge in [0.2, 0.25) is 5.91 Å². The normalized spacial score (nSPS) is 19.1. The number of H-pyrrole nitrogens is 1. The van der Waals surface area contributed by atoms with E-state index in [-0.39, 0.29) is 11.8 Å². The van der Waals surface area contributed by atoms with Crippen molar-refractivity contribution in [2.75, 3.05) is 46.4 Å². The van der Waals surface area contributed by atoms with Gasteiger partial charge >= 0.3 is 0 Å². The number of rotatable bonds is 4. The number of hydrogen-bond donors (Lipinski definition) is 2. The van der Waals surface area contributed by atoms with E-state index in [1.54, 1.807) is 11.9 Å². The summed E-state index contributed by atoms with van der Waals surface area (Å²) in [5.74, 6) is -0.346. The van der Waals surface area contributed by atoms with Crippen molar-refractivity contribution in [2.45, 2.75) is 6.04 Å². The topological polar surface area (TPSA) is 77.7 Å². The molecule has 0 radical (unpaired) electrons.